The quantitative estimate of drug-likeness (QED) is 0.779. The normalized spacial score (nSPS) is 30.8. The second-order valence-corrected chi connectivity index (χ2v) is 5.81. The van der Waals surface area contributed by atoms with E-state index in [4.69, 9.17) is 21.1 Å². The predicted molar refractivity (Wildman–Crippen MR) is 72.5 cm³/mol. The van der Waals surface area contributed by atoms with E-state index in [2.05, 4.69) is 18.2 Å². The second-order valence-electron chi connectivity index (χ2n) is 5.54. The summed E-state index contributed by atoms with van der Waals surface area (Å²) in [6.07, 6.45) is 3.38. The molecule has 2 atom stereocenters. The molecule has 1 aromatic rings. The molecule has 2 aliphatic rings. The Morgan fingerprint density at radius 1 is 1.33 bits per heavy atom. The molecule has 2 nitrogen and oxygen atoms in total. The van der Waals surface area contributed by atoms with Crippen LogP contribution in [0.5, 0.6) is 5.75 Å². The van der Waals surface area contributed by atoms with Crippen LogP contribution in [-0.2, 0) is 4.74 Å². The number of ether oxygens (including phenoxy) is 2. The van der Waals surface area contributed by atoms with Gasteiger partial charge in [0.25, 0.3) is 0 Å². The summed E-state index contributed by atoms with van der Waals surface area (Å²) >= 11 is 6.22. The Bertz CT molecular complexity index is 413. The van der Waals surface area contributed by atoms with E-state index in [0.29, 0.717) is 11.8 Å². The molecule has 2 unspecified atom stereocenters. The Morgan fingerprint density at radius 2 is 2.22 bits per heavy atom. The highest BCUT2D eigenvalue weighted by Gasteiger charge is 2.37. The largest absolute Gasteiger partial charge is 0.493 e. The summed E-state index contributed by atoms with van der Waals surface area (Å²) in [6, 6.07) is 8.35. The molecule has 18 heavy (non-hydrogen) atoms. The fourth-order valence-corrected chi connectivity index (χ4v) is 3.47. The number of hydrogen-bond donors (Lipinski definition) is 0. The van der Waals surface area contributed by atoms with Gasteiger partial charge in [-0.15, -0.1) is 11.6 Å². The topological polar surface area (TPSA) is 18.5 Å². The van der Waals surface area contributed by atoms with Crippen LogP contribution in [0.15, 0.2) is 24.3 Å². The van der Waals surface area contributed by atoms with Gasteiger partial charge in [0.1, 0.15) is 5.75 Å². The highest BCUT2D eigenvalue weighted by Crippen LogP contribution is 2.44. The van der Waals surface area contributed by atoms with Crippen LogP contribution in [0, 0.1) is 5.41 Å². The molecule has 0 spiro atoms. The molecule has 0 amide bonds. The Hall–Kier alpha value is -0.730. The van der Waals surface area contributed by atoms with Crippen molar-refractivity contribution in [2.24, 2.45) is 5.41 Å². The third kappa shape index (κ3) is 2.24. The van der Waals surface area contributed by atoms with Crippen LogP contribution in [-0.4, -0.2) is 25.7 Å². The first-order valence-electron chi connectivity index (χ1n) is 6.68. The summed E-state index contributed by atoms with van der Waals surface area (Å²) in [6.45, 7) is 2.48. The fraction of sp³-hybridized carbons (Fsp3) is 0.600. The number of hydrogen-bond acceptors (Lipinski definition) is 2. The van der Waals surface area contributed by atoms with E-state index in [1.807, 2.05) is 6.07 Å². The van der Waals surface area contributed by atoms with Gasteiger partial charge in [0.2, 0.25) is 0 Å². The summed E-state index contributed by atoms with van der Waals surface area (Å²) in [7, 11) is 0. The zero-order chi connectivity index (χ0) is 12.4. The molecule has 0 radical (unpaired) electrons. The van der Waals surface area contributed by atoms with Gasteiger partial charge >= 0.3 is 0 Å². The standard InChI is InChI=1S/C15H19ClO2/c16-10-15(6-3-7-17-11-15)8-12-9-18-14-5-2-1-4-13(12)14/h1-2,4-5,12H,3,6-11H2. The molecule has 2 aliphatic heterocycles. The van der Waals surface area contributed by atoms with Crippen molar-refractivity contribution in [2.45, 2.75) is 25.2 Å². The zero-order valence-electron chi connectivity index (χ0n) is 10.5. The van der Waals surface area contributed by atoms with Crippen LogP contribution in [0.3, 0.4) is 0 Å². The zero-order valence-corrected chi connectivity index (χ0v) is 11.3. The third-order valence-corrected chi connectivity index (χ3v) is 4.73. The van der Waals surface area contributed by atoms with Crippen LogP contribution in [0.1, 0.15) is 30.7 Å². The molecule has 1 saturated heterocycles. The van der Waals surface area contributed by atoms with Crippen molar-refractivity contribution in [3.8, 4) is 5.75 Å². The van der Waals surface area contributed by atoms with E-state index in [9.17, 15) is 0 Å². The number of halogens is 1. The molecule has 0 aromatic heterocycles. The lowest BCUT2D eigenvalue weighted by Gasteiger charge is -2.37. The van der Waals surface area contributed by atoms with Gasteiger partial charge < -0.3 is 9.47 Å². The molecular weight excluding hydrogens is 248 g/mol. The maximum Gasteiger partial charge on any atom is 0.122 e. The molecule has 0 aliphatic carbocycles. The predicted octanol–water partition coefficient (Wildman–Crippen LogP) is 3.59. The number of para-hydroxylation sites is 1. The van der Waals surface area contributed by atoms with Crippen molar-refractivity contribution < 1.29 is 9.47 Å². The van der Waals surface area contributed by atoms with Crippen LogP contribution < -0.4 is 4.74 Å². The van der Waals surface area contributed by atoms with E-state index >= 15 is 0 Å². The summed E-state index contributed by atoms with van der Waals surface area (Å²) in [4.78, 5) is 0. The molecule has 3 rings (SSSR count). The smallest absolute Gasteiger partial charge is 0.122 e. The van der Waals surface area contributed by atoms with Gasteiger partial charge in [0.15, 0.2) is 0 Å². The molecule has 1 fully saturated rings. The van der Waals surface area contributed by atoms with Gasteiger partial charge in [0.05, 0.1) is 13.2 Å². The van der Waals surface area contributed by atoms with Gasteiger partial charge in [0, 0.05) is 29.4 Å². The molecule has 0 bridgehead atoms. The van der Waals surface area contributed by atoms with E-state index in [1.54, 1.807) is 0 Å². The van der Waals surface area contributed by atoms with Crippen molar-refractivity contribution in [1.82, 2.24) is 0 Å². The van der Waals surface area contributed by atoms with Crippen molar-refractivity contribution in [1.29, 1.82) is 0 Å². The second kappa shape index (κ2) is 5.10. The fourth-order valence-electron chi connectivity index (χ4n) is 3.15. The Labute approximate surface area is 113 Å². The van der Waals surface area contributed by atoms with Crippen LogP contribution in [0.4, 0.5) is 0 Å². The van der Waals surface area contributed by atoms with Gasteiger partial charge in [-0.1, -0.05) is 18.2 Å². The van der Waals surface area contributed by atoms with Crippen LogP contribution in [0.25, 0.3) is 0 Å². The highest BCUT2D eigenvalue weighted by molar-refractivity contribution is 6.18. The minimum Gasteiger partial charge on any atom is -0.493 e. The van der Waals surface area contributed by atoms with Crippen molar-refractivity contribution in [2.75, 3.05) is 25.7 Å². The SMILES string of the molecule is ClCC1(CC2COc3ccccc32)CCCOC1. The molecule has 1 aromatic carbocycles. The van der Waals surface area contributed by atoms with Gasteiger partial charge in [-0.25, -0.2) is 0 Å². The first kappa shape index (κ1) is 12.3. The number of fused-ring (bicyclic) bond motifs is 1. The molecule has 3 heteroatoms. The van der Waals surface area contributed by atoms with E-state index in [0.717, 1.165) is 38.4 Å². The number of rotatable bonds is 3. The summed E-state index contributed by atoms with van der Waals surface area (Å²) in [5, 5.41) is 0. The first-order chi connectivity index (χ1) is 8.83. The average Bonchev–Trinajstić information content (AvgIpc) is 2.83. The summed E-state index contributed by atoms with van der Waals surface area (Å²) in [5.74, 6) is 2.21. The molecule has 2 heterocycles. The lowest BCUT2D eigenvalue weighted by molar-refractivity contribution is -0.00441. The van der Waals surface area contributed by atoms with Gasteiger partial charge in [-0.05, 0) is 25.3 Å². The minimum atomic E-state index is 0.144. The minimum absolute atomic E-state index is 0.144. The average molecular weight is 267 g/mol. The van der Waals surface area contributed by atoms with E-state index in [-0.39, 0.29) is 5.41 Å². The van der Waals surface area contributed by atoms with Crippen LogP contribution >= 0.6 is 11.6 Å². The van der Waals surface area contributed by atoms with Crippen molar-refractivity contribution >= 4 is 11.6 Å². The molecule has 98 valence electrons. The molecule has 0 saturated carbocycles. The Balaban J connectivity index is 1.77. The van der Waals surface area contributed by atoms with Crippen molar-refractivity contribution in [3.63, 3.8) is 0 Å². The highest BCUT2D eigenvalue weighted by atomic mass is 35.5. The maximum absolute atomic E-state index is 6.22. The summed E-state index contributed by atoms with van der Waals surface area (Å²) < 4.78 is 11.4. The van der Waals surface area contributed by atoms with E-state index < -0.39 is 0 Å². The van der Waals surface area contributed by atoms with Gasteiger partial charge in [-0.3, -0.25) is 0 Å². The monoisotopic (exact) mass is 266 g/mol. The summed E-state index contributed by atoms with van der Waals surface area (Å²) in [5.41, 5.74) is 1.48. The third-order valence-electron chi connectivity index (χ3n) is 4.17. The Kier molecular flexibility index (Phi) is 3.49. The van der Waals surface area contributed by atoms with Gasteiger partial charge in [-0.2, -0.15) is 0 Å². The molecular formula is C15H19ClO2. The lowest BCUT2D eigenvalue weighted by atomic mass is 9.75. The number of alkyl halides is 1. The van der Waals surface area contributed by atoms with Crippen LogP contribution in [0.2, 0.25) is 0 Å². The number of benzene rings is 1. The first-order valence-corrected chi connectivity index (χ1v) is 7.22. The molecule has 0 N–H and O–H groups in total. The lowest BCUT2D eigenvalue weighted by Crippen LogP contribution is -2.35. The Morgan fingerprint density at radius 3 is 3.00 bits per heavy atom. The van der Waals surface area contributed by atoms with E-state index in [1.165, 1.54) is 12.0 Å². The van der Waals surface area contributed by atoms with Crippen molar-refractivity contribution in [3.05, 3.63) is 29.8 Å². The maximum atomic E-state index is 6.22.